The molecule has 3 aliphatic rings. The molecule has 0 spiro atoms. The highest BCUT2D eigenvalue weighted by Gasteiger charge is 2.42. The summed E-state index contributed by atoms with van der Waals surface area (Å²) in [6.45, 7) is 2.34. The molecule has 3 saturated carbocycles. The maximum Gasteiger partial charge on any atom is 0.391 e. The Hall–Kier alpha value is -0.740. The van der Waals surface area contributed by atoms with Crippen molar-refractivity contribution >= 4 is 5.97 Å². The summed E-state index contributed by atoms with van der Waals surface area (Å²) in [4.78, 5) is 12.4. The Balaban J connectivity index is 1.38. The lowest BCUT2D eigenvalue weighted by atomic mass is 9.69. The third-order valence-corrected chi connectivity index (χ3v) is 7.25. The molecule has 26 heavy (non-hydrogen) atoms. The lowest BCUT2D eigenvalue weighted by Gasteiger charge is -2.37. The first-order valence-corrected chi connectivity index (χ1v) is 10.6. The molecule has 0 bridgehead atoms. The summed E-state index contributed by atoms with van der Waals surface area (Å²) >= 11 is 0. The molecule has 0 aromatic heterocycles. The molecule has 0 amide bonds. The van der Waals surface area contributed by atoms with Crippen molar-refractivity contribution in [2.75, 3.05) is 0 Å². The van der Waals surface area contributed by atoms with Gasteiger partial charge in [-0.3, -0.25) is 4.79 Å². The summed E-state index contributed by atoms with van der Waals surface area (Å²) < 4.78 is 43.8. The molecular weight excluding hydrogens is 341 g/mol. The van der Waals surface area contributed by atoms with Crippen molar-refractivity contribution < 1.29 is 22.7 Å². The molecule has 0 N–H and O–H groups in total. The minimum absolute atomic E-state index is 0.0332. The van der Waals surface area contributed by atoms with E-state index >= 15 is 0 Å². The molecule has 3 rings (SSSR count). The maximum atomic E-state index is 12.7. The molecule has 0 heterocycles. The first kappa shape index (κ1) is 20.0. The van der Waals surface area contributed by atoms with Gasteiger partial charge in [-0.15, -0.1) is 0 Å². The van der Waals surface area contributed by atoms with Gasteiger partial charge in [0.05, 0.1) is 11.8 Å². The fourth-order valence-electron chi connectivity index (χ4n) is 5.35. The predicted octanol–water partition coefficient (Wildman–Crippen LogP) is 6.28. The van der Waals surface area contributed by atoms with E-state index in [1.165, 1.54) is 25.7 Å². The van der Waals surface area contributed by atoms with Crippen LogP contribution in [0.4, 0.5) is 13.2 Å². The lowest BCUT2D eigenvalue weighted by Crippen LogP contribution is -2.34. The second kappa shape index (κ2) is 8.52. The zero-order valence-electron chi connectivity index (χ0n) is 15.9. The number of hydrogen-bond acceptors (Lipinski definition) is 2. The highest BCUT2D eigenvalue weighted by molar-refractivity contribution is 5.72. The molecular formula is C21H33F3O2. The van der Waals surface area contributed by atoms with E-state index in [1.807, 2.05) is 0 Å². The van der Waals surface area contributed by atoms with E-state index in [4.69, 9.17) is 4.74 Å². The van der Waals surface area contributed by atoms with Crippen LogP contribution in [0.1, 0.15) is 84.0 Å². The molecule has 0 aromatic rings. The van der Waals surface area contributed by atoms with Crippen molar-refractivity contribution in [3.8, 4) is 0 Å². The molecule has 0 radical (unpaired) electrons. The largest absolute Gasteiger partial charge is 0.462 e. The molecule has 0 saturated heterocycles. The lowest BCUT2D eigenvalue weighted by molar-refractivity contribution is -0.189. The molecule has 0 aliphatic heterocycles. The second-order valence-corrected chi connectivity index (χ2v) is 9.08. The average Bonchev–Trinajstić information content (AvgIpc) is 2.62. The van der Waals surface area contributed by atoms with E-state index in [1.54, 1.807) is 0 Å². The van der Waals surface area contributed by atoms with Gasteiger partial charge in [0, 0.05) is 0 Å². The van der Waals surface area contributed by atoms with Crippen LogP contribution in [0.5, 0.6) is 0 Å². The Labute approximate surface area is 155 Å². The fraction of sp³-hybridized carbons (Fsp3) is 0.952. The monoisotopic (exact) mass is 374 g/mol. The van der Waals surface area contributed by atoms with Gasteiger partial charge in [0.1, 0.15) is 6.10 Å². The highest BCUT2D eigenvalue weighted by atomic mass is 19.4. The predicted molar refractivity (Wildman–Crippen MR) is 94.5 cm³/mol. The van der Waals surface area contributed by atoms with E-state index in [9.17, 15) is 18.0 Å². The van der Waals surface area contributed by atoms with E-state index in [0.29, 0.717) is 12.8 Å². The summed E-state index contributed by atoms with van der Waals surface area (Å²) in [6, 6.07) is 0. The number of alkyl halides is 3. The second-order valence-electron chi connectivity index (χ2n) is 9.08. The van der Waals surface area contributed by atoms with Gasteiger partial charge in [0.15, 0.2) is 0 Å². The standard InChI is InChI=1S/C21H33F3O2/c1-14-2-4-15(5-3-14)16-6-8-17(9-7-16)20(25)26-19-12-10-18(11-13-19)21(22,23)24/h14-19H,2-13H2,1H3. The minimum Gasteiger partial charge on any atom is -0.462 e. The maximum absolute atomic E-state index is 12.7. The van der Waals surface area contributed by atoms with Crippen LogP contribution < -0.4 is 0 Å². The van der Waals surface area contributed by atoms with Crippen LogP contribution in [0.2, 0.25) is 0 Å². The summed E-state index contributed by atoms with van der Waals surface area (Å²) in [5, 5.41) is 0. The van der Waals surface area contributed by atoms with Crippen molar-refractivity contribution in [2.45, 2.75) is 96.3 Å². The van der Waals surface area contributed by atoms with Crippen LogP contribution >= 0.6 is 0 Å². The Morgan fingerprint density at radius 3 is 1.77 bits per heavy atom. The number of hydrogen-bond donors (Lipinski definition) is 0. The van der Waals surface area contributed by atoms with Gasteiger partial charge in [-0.1, -0.05) is 19.8 Å². The Morgan fingerprint density at radius 2 is 1.27 bits per heavy atom. The van der Waals surface area contributed by atoms with Crippen molar-refractivity contribution in [3.63, 3.8) is 0 Å². The van der Waals surface area contributed by atoms with Crippen molar-refractivity contribution in [1.29, 1.82) is 0 Å². The van der Waals surface area contributed by atoms with E-state index in [-0.39, 0.29) is 30.8 Å². The SMILES string of the molecule is CC1CCC(C2CCC(C(=O)OC3CCC(C(F)(F)F)CC3)CC2)CC1. The van der Waals surface area contributed by atoms with Gasteiger partial charge < -0.3 is 4.74 Å². The summed E-state index contributed by atoms with van der Waals surface area (Å²) in [6.07, 6.45) is 5.84. The summed E-state index contributed by atoms with van der Waals surface area (Å²) in [5.41, 5.74) is 0. The van der Waals surface area contributed by atoms with Crippen molar-refractivity contribution in [2.24, 2.45) is 29.6 Å². The topological polar surface area (TPSA) is 26.3 Å². The van der Waals surface area contributed by atoms with Gasteiger partial charge in [-0.2, -0.15) is 13.2 Å². The van der Waals surface area contributed by atoms with Crippen LogP contribution in [0.15, 0.2) is 0 Å². The number of halogens is 3. The first-order chi connectivity index (χ1) is 12.3. The molecule has 2 nitrogen and oxygen atoms in total. The normalized spacial score (nSPS) is 39.4. The van der Waals surface area contributed by atoms with Crippen molar-refractivity contribution in [1.82, 2.24) is 0 Å². The fourth-order valence-corrected chi connectivity index (χ4v) is 5.35. The average molecular weight is 374 g/mol. The third kappa shape index (κ3) is 5.16. The van der Waals surface area contributed by atoms with E-state index < -0.39 is 12.1 Å². The minimum atomic E-state index is -4.11. The molecule has 150 valence electrons. The number of rotatable bonds is 3. The van der Waals surface area contributed by atoms with Crippen LogP contribution in [-0.2, 0) is 9.53 Å². The zero-order valence-corrected chi connectivity index (χ0v) is 15.9. The Bertz CT molecular complexity index is 452. The van der Waals surface area contributed by atoms with Gasteiger partial charge >= 0.3 is 12.1 Å². The molecule has 0 aromatic carbocycles. The number of carbonyl (C=O) groups excluding carboxylic acids is 1. The van der Waals surface area contributed by atoms with Gasteiger partial charge in [-0.25, -0.2) is 0 Å². The number of esters is 1. The summed E-state index contributed by atoms with van der Waals surface area (Å²) in [7, 11) is 0. The Morgan fingerprint density at radius 1 is 0.769 bits per heavy atom. The first-order valence-electron chi connectivity index (χ1n) is 10.6. The molecule has 5 heteroatoms. The molecule has 0 atom stereocenters. The summed E-state index contributed by atoms with van der Waals surface area (Å²) in [5.74, 6) is 1.05. The number of carbonyl (C=O) groups is 1. The van der Waals surface area contributed by atoms with Crippen LogP contribution in [-0.4, -0.2) is 18.2 Å². The van der Waals surface area contributed by atoms with Crippen molar-refractivity contribution in [3.05, 3.63) is 0 Å². The Kier molecular flexibility index (Phi) is 6.55. The van der Waals surface area contributed by atoms with E-state index in [0.717, 1.165) is 43.4 Å². The van der Waals surface area contributed by atoms with Crippen LogP contribution in [0.3, 0.4) is 0 Å². The molecule has 0 unspecified atom stereocenters. The third-order valence-electron chi connectivity index (χ3n) is 7.25. The van der Waals surface area contributed by atoms with Gasteiger partial charge in [0.25, 0.3) is 0 Å². The number of ether oxygens (including phenoxy) is 1. The molecule has 3 fully saturated rings. The zero-order chi connectivity index (χ0) is 18.7. The van der Waals surface area contributed by atoms with E-state index in [2.05, 4.69) is 6.92 Å². The van der Waals surface area contributed by atoms with Crippen LogP contribution in [0, 0.1) is 29.6 Å². The quantitative estimate of drug-likeness (QED) is 0.543. The molecule has 3 aliphatic carbocycles. The van der Waals surface area contributed by atoms with Gasteiger partial charge in [0.2, 0.25) is 0 Å². The van der Waals surface area contributed by atoms with Crippen LogP contribution in [0.25, 0.3) is 0 Å². The van der Waals surface area contributed by atoms with Gasteiger partial charge in [-0.05, 0) is 82.0 Å². The highest BCUT2D eigenvalue weighted by Crippen LogP contribution is 2.42. The smallest absolute Gasteiger partial charge is 0.391 e.